The van der Waals surface area contributed by atoms with E-state index in [4.69, 9.17) is 11.6 Å². The van der Waals surface area contributed by atoms with Crippen molar-refractivity contribution in [2.24, 2.45) is 0 Å². The number of hydrogen-bond acceptors (Lipinski definition) is 3. The molecular formula is C17H21ClN4. The van der Waals surface area contributed by atoms with Gasteiger partial charge in [0.25, 0.3) is 0 Å². The largest absolute Gasteiger partial charge is 0.383 e. The van der Waals surface area contributed by atoms with Crippen molar-refractivity contribution < 1.29 is 0 Å². The Morgan fingerprint density at radius 2 is 2.05 bits per heavy atom. The summed E-state index contributed by atoms with van der Waals surface area (Å²) >= 11 is 6.26. The Hall–Kier alpha value is -1.68. The summed E-state index contributed by atoms with van der Waals surface area (Å²) < 4.78 is 0. The summed E-state index contributed by atoms with van der Waals surface area (Å²) in [6.07, 6.45) is 7.84. The van der Waals surface area contributed by atoms with Gasteiger partial charge in [-0.3, -0.25) is 5.10 Å². The second-order valence-corrected chi connectivity index (χ2v) is 7.04. The van der Waals surface area contributed by atoms with Gasteiger partial charge in [-0.2, -0.15) is 5.10 Å². The highest BCUT2D eigenvalue weighted by molar-refractivity contribution is 6.31. The van der Waals surface area contributed by atoms with Crippen molar-refractivity contribution >= 4 is 28.2 Å². The first-order valence-electron chi connectivity index (χ1n) is 7.99. The SMILES string of the molecule is C=C1CCCC2(CCN(c3cc(Cl)cc4[nH]ncc34)CC2)N1. The molecular weight excluding hydrogens is 296 g/mol. The second kappa shape index (κ2) is 5.20. The van der Waals surface area contributed by atoms with E-state index in [0.717, 1.165) is 48.3 Å². The first kappa shape index (κ1) is 13.9. The van der Waals surface area contributed by atoms with Crippen molar-refractivity contribution in [1.82, 2.24) is 15.5 Å². The molecule has 0 radical (unpaired) electrons. The molecule has 0 saturated carbocycles. The van der Waals surface area contributed by atoms with E-state index in [-0.39, 0.29) is 5.54 Å². The van der Waals surface area contributed by atoms with Gasteiger partial charge in [0.05, 0.1) is 11.7 Å². The second-order valence-electron chi connectivity index (χ2n) is 6.61. The molecule has 0 aliphatic carbocycles. The zero-order chi connectivity index (χ0) is 15.2. The molecule has 116 valence electrons. The molecule has 0 bridgehead atoms. The topological polar surface area (TPSA) is 44.0 Å². The van der Waals surface area contributed by atoms with E-state index in [1.54, 1.807) is 0 Å². The molecule has 0 atom stereocenters. The van der Waals surface area contributed by atoms with Crippen molar-refractivity contribution in [3.63, 3.8) is 0 Å². The highest BCUT2D eigenvalue weighted by atomic mass is 35.5. The van der Waals surface area contributed by atoms with E-state index in [0.29, 0.717) is 0 Å². The van der Waals surface area contributed by atoms with Crippen LogP contribution in [0.4, 0.5) is 5.69 Å². The van der Waals surface area contributed by atoms with Crippen molar-refractivity contribution in [3.8, 4) is 0 Å². The van der Waals surface area contributed by atoms with Crippen molar-refractivity contribution in [2.75, 3.05) is 18.0 Å². The van der Waals surface area contributed by atoms with Crippen LogP contribution in [0.25, 0.3) is 10.9 Å². The highest BCUT2D eigenvalue weighted by Crippen LogP contribution is 2.37. The van der Waals surface area contributed by atoms with Crippen molar-refractivity contribution in [3.05, 3.63) is 35.6 Å². The summed E-state index contributed by atoms with van der Waals surface area (Å²) in [5.74, 6) is 0. The summed E-state index contributed by atoms with van der Waals surface area (Å²) in [5.41, 5.74) is 3.67. The number of H-pyrrole nitrogens is 1. The molecule has 2 N–H and O–H groups in total. The van der Waals surface area contributed by atoms with E-state index in [1.165, 1.54) is 24.2 Å². The number of rotatable bonds is 1. The number of benzene rings is 1. The van der Waals surface area contributed by atoms with E-state index in [9.17, 15) is 0 Å². The van der Waals surface area contributed by atoms with E-state index >= 15 is 0 Å². The van der Waals surface area contributed by atoms with Crippen molar-refractivity contribution in [1.29, 1.82) is 0 Å². The number of aromatic amines is 1. The zero-order valence-electron chi connectivity index (χ0n) is 12.7. The molecule has 2 aliphatic rings. The number of hydrogen-bond donors (Lipinski definition) is 2. The summed E-state index contributed by atoms with van der Waals surface area (Å²) in [6.45, 7) is 6.22. The normalized spacial score (nSPS) is 21.3. The maximum absolute atomic E-state index is 6.26. The minimum Gasteiger partial charge on any atom is -0.383 e. The average Bonchev–Trinajstić information content (AvgIpc) is 2.95. The lowest BCUT2D eigenvalue weighted by atomic mass is 9.79. The van der Waals surface area contributed by atoms with E-state index in [1.807, 2.05) is 12.3 Å². The van der Waals surface area contributed by atoms with Gasteiger partial charge in [0.15, 0.2) is 0 Å². The molecule has 2 fully saturated rings. The minimum atomic E-state index is 0.264. The average molecular weight is 317 g/mol. The number of halogens is 1. The van der Waals surface area contributed by atoms with Crippen LogP contribution in [0.2, 0.25) is 5.02 Å². The van der Waals surface area contributed by atoms with Crippen LogP contribution in [0.15, 0.2) is 30.6 Å². The third kappa shape index (κ3) is 2.35. The molecule has 4 nitrogen and oxygen atoms in total. The number of aromatic nitrogens is 2. The fourth-order valence-electron chi connectivity index (χ4n) is 3.95. The molecule has 4 rings (SSSR count). The first-order chi connectivity index (χ1) is 10.7. The summed E-state index contributed by atoms with van der Waals surface area (Å²) in [5, 5.41) is 12.8. The predicted molar refractivity (Wildman–Crippen MR) is 91.4 cm³/mol. The fraction of sp³-hybridized carbons (Fsp3) is 0.471. The Kier molecular flexibility index (Phi) is 3.30. The lowest BCUT2D eigenvalue weighted by molar-refractivity contribution is 0.231. The Morgan fingerprint density at radius 3 is 2.82 bits per heavy atom. The molecule has 2 aromatic rings. The zero-order valence-corrected chi connectivity index (χ0v) is 13.4. The molecule has 22 heavy (non-hydrogen) atoms. The van der Waals surface area contributed by atoms with E-state index in [2.05, 4.69) is 33.1 Å². The van der Waals surface area contributed by atoms with Gasteiger partial charge < -0.3 is 10.2 Å². The minimum absolute atomic E-state index is 0.264. The monoisotopic (exact) mass is 316 g/mol. The van der Waals surface area contributed by atoms with Crippen LogP contribution in [0.1, 0.15) is 32.1 Å². The van der Waals surface area contributed by atoms with Crippen molar-refractivity contribution in [2.45, 2.75) is 37.6 Å². The molecule has 0 unspecified atom stereocenters. The Labute approximate surface area is 135 Å². The number of nitrogens with one attached hydrogen (secondary N) is 2. The Morgan fingerprint density at radius 1 is 1.23 bits per heavy atom. The molecule has 2 aliphatic heterocycles. The highest BCUT2D eigenvalue weighted by Gasteiger charge is 2.36. The molecule has 2 saturated heterocycles. The van der Waals surface area contributed by atoms with Crippen LogP contribution in [0, 0.1) is 0 Å². The number of piperidine rings is 2. The Balaban J connectivity index is 1.58. The Bertz CT molecular complexity index is 713. The smallest absolute Gasteiger partial charge is 0.0686 e. The van der Waals surface area contributed by atoms with Gasteiger partial charge in [-0.05, 0) is 44.2 Å². The molecule has 1 aromatic heterocycles. The van der Waals surface area contributed by atoms with Gasteiger partial charge in [0.1, 0.15) is 0 Å². The summed E-state index contributed by atoms with van der Waals surface area (Å²) in [7, 11) is 0. The van der Waals surface area contributed by atoms with Gasteiger partial charge >= 0.3 is 0 Å². The van der Waals surface area contributed by atoms with Gasteiger partial charge in [0.2, 0.25) is 0 Å². The molecule has 0 amide bonds. The maximum Gasteiger partial charge on any atom is 0.0686 e. The van der Waals surface area contributed by atoms with Gasteiger partial charge in [-0.1, -0.05) is 18.2 Å². The van der Waals surface area contributed by atoms with Crippen LogP contribution in [-0.2, 0) is 0 Å². The van der Waals surface area contributed by atoms with Gasteiger partial charge in [-0.25, -0.2) is 0 Å². The quantitative estimate of drug-likeness (QED) is 0.840. The van der Waals surface area contributed by atoms with Crippen LogP contribution in [0.5, 0.6) is 0 Å². The summed E-state index contributed by atoms with van der Waals surface area (Å²) in [6, 6.07) is 4.00. The van der Waals surface area contributed by atoms with Crippen LogP contribution < -0.4 is 10.2 Å². The van der Waals surface area contributed by atoms with Crippen LogP contribution in [-0.4, -0.2) is 28.8 Å². The fourth-order valence-corrected chi connectivity index (χ4v) is 4.16. The van der Waals surface area contributed by atoms with Gasteiger partial charge in [0, 0.05) is 40.4 Å². The first-order valence-corrected chi connectivity index (χ1v) is 8.37. The molecule has 5 heteroatoms. The standard InChI is InChI=1S/C17H21ClN4/c1-12-3-2-4-17(20-12)5-7-22(8-6-17)16-10-13(18)9-15-14(16)11-19-21-15/h9-11,20H,1-8H2,(H,19,21). The molecule has 3 heterocycles. The third-order valence-corrected chi connectivity index (χ3v) is 5.36. The predicted octanol–water partition coefficient (Wildman–Crippen LogP) is 3.84. The molecule has 1 spiro atoms. The number of allylic oxidation sites excluding steroid dienone is 1. The maximum atomic E-state index is 6.26. The number of anilines is 1. The number of nitrogens with zero attached hydrogens (tertiary/aromatic N) is 2. The van der Waals surface area contributed by atoms with Crippen LogP contribution in [0.3, 0.4) is 0 Å². The molecule has 1 aromatic carbocycles. The summed E-state index contributed by atoms with van der Waals surface area (Å²) in [4.78, 5) is 2.44. The van der Waals surface area contributed by atoms with Gasteiger partial charge in [-0.15, -0.1) is 0 Å². The van der Waals surface area contributed by atoms with Crippen LogP contribution >= 0.6 is 11.6 Å². The number of fused-ring (bicyclic) bond motifs is 1. The van der Waals surface area contributed by atoms with E-state index < -0.39 is 0 Å². The lowest BCUT2D eigenvalue weighted by Gasteiger charge is -2.46. The lowest BCUT2D eigenvalue weighted by Crippen LogP contribution is -2.54. The third-order valence-electron chi connectivity index (χ3n) is 5.14.